The van der Waals surface area contributed by atoms with Crippen molar-refractivity contribution in [2.24, 2.45) is 11.3 Å². The summed E-state index contributed by atoms with van der Waals surface area (Å²) in [7, 11) is 0. The van der Waals surface area contributed by atoms with Gasteiger partial charge in [0, 0.05) is 12.8 Å². The fraction of sp³-hybridized carbons (Fsp3) is 0.846. The van der Waals surface area contributed by atoms with Crippen LogP contribution in [0.4, 0.5) is 0 Å². The van der Waals surface area contributed by atoms with Gasteiger partial charge in [0.25, 0.3) is 0 Å². The molecule has 1 spiro atoms. The highest BCUT2D eigenvalue weighted by Crippen LogP contribution is 2.51. The van der Waals surface area contributed by atoms with Crippen LogP contribution in [-0.2, 0) is 14.3 Å². The summed E-state index contributed by atoms with van der Waals surface area (Å²) in [5.74, 6) is -0.0459. The fourth-order valence-electron chi connectivity index (χ4n) is 3.39. The first kappa shape index (κ1) is 11.6. The van der Waals surface area contributed by atoms with Crippen LogP contribution in [-0.4, -0.2) is 18.4 Å². The van der Waals surface area contributed by atoms with Gasteiger partial charge in [-0.25, -0.2) is 0 Å². The van der Waals surface area contributed by atoms with E-state index in [-0.39, 0.29) is 23.1 Å². The minimum Gasteiger partial charge on any atom is -0.466 e. The van der Waals surface area contributed by atoms with Gasteiger partial charge in [-0.2, -0.15) is 0 Å². The molecule has 0 aromatic carbocycles. The summed E-state index contributed by atoms with van der Waals surface area (Å²) in [6, 6.07) is 0. The Kier molecular flexibility index (Phi) is 3.31. The Hall–Kier alpha value is -0.860. The number of Topliss-reactive ketones (excluding diaryl/α,β-unsaturated/α-hetero) is 1. The molecule has 0 aromatic rings. The third kappa shape index (κ3) is 2.00. The van der Waals surface area contributed by atoms with Crippen molar-refractivity contribution in [2.45, 2.75) is 51.9 Å². The molecular weight excluding hydrogens is 204 g/mol. The standard InChI is InChI=1S/C13H20O3/c1-2-16-12(15)11-8-10(14)9-13(11)6-4-3-5-7-13/h11H,2-9H2,1H3. The summed E-state index contributed by atoms with van der Waals surface area (Å²) in [6.07, 6.45) is 6.64. The molecule has 0 bridgehead atoms. The maximum absolute atomic E-state index is 11.9. The van der Waals surface area contributed by atoms with Crippen LogP contribution in [0.5, 0.6) is 0 Å². The number of ether oxygens (including phenoxy) is 1. The zero-order valence-electron chi connectivity index (χ0n) is 9.96. The molecule has 0 saturated heterocycles. The zero-order chi connectivity index (χ0) is 11.6. The van der Waals surface area contributed by atoms with E-state index in [4.69, 9.17) is 4.74 Å². The molecule has 1 atom stereocenters. The molecule has 16 heavy (non-hydrogen) atoms. The molecule has 2 fully saturated rings. The van der Waals surface area contributed by atoms with Crippen molar-refractivity contribution in [1.29, 1.82) is 0 Å². The third-order valence-corrected chi connectivity index (χ3v) is 4.14. The van der Waals surface area contributed by atoms with Gasteiger partial charge < -0.3 is 4.74 Å². The van der Waals surface area contributed by atoms with Gasteiger partial charge in [0.05, 0.1) is 12.5 Å². The van der Waals surface area contributed by atoms with Gasteiger partial charge in [-0.1, -0.05) is 19.3 Å². The summed E-state index contributed by atoms with van der Waals surface area (Å²) in [5, 5.41) is 0. The van der Waals surface area contributed by atoms with Crippen LogP contribution in [0.15, 0.2) is 0 Å². The van der Waals surface area contributed by atoms with Crippen LogP contribution in [0, 0.1) is 11.3 Å². The number of hydrogen-bond acceptors (Lipinski definition) is 3. The highest BCUT2D eigenvalue weighted by Gasteiger charge is 2.51. The molecule has 0 N–H and O–H groups in total. The normalized spacial score (nSPS) is 28.3. The Balaban J connectivity index is 2.14. The summed E-state index contributed by atoms with van der Waals surface area (Å²) in [4.78, 5) is 23.5. The fourth-order valence-corrected chi connectivity index (χ4v) is 3.39. The molecule has 1 unspecified atom stereocenters. The average molecular weight is 224 g/mol. The average Bonchev–Trinajstić information content (AvgIpc) is 2.57. The number of rotatable bonds is 2. The first-order valence-electron chi connectivity index (χ1n) is 6.36. The zero-order valence-corrected chi connectivity index (χ0v) is 9.96. The molecule has 2 rings (SSSR count). The monoisotopic (exact) mass is 224 g/mol. The lowest BCUT2D eigenvalue weighted by molar-refractivity contribution is -0.153. The van der Waals surface area contributed by atoms with Gasteiger partial charge in [-0.15, -0.1) is 0 Å². The van der Waals surface area contributed by atoms with Crippen molar-refractivity contribution >= 4 is 11.8 Å². The molecule has 0 heterocycles. The molecule has 0 radical (unpaired) electrons. The molecule has 0 aromatic heterocycles. The topological polar surface area (TPSA) is 43.4 Å². The SMILES string of the molecule is CCOC(=O)C1CC(=O)CC12CCCCC2. The predicted octanol–water partition coefficient (Wildman–Crippen LogP) is 2.48. The predicted molar refractivity (Wildman–Crippen MR) is 59.9 cm³/mol. The highest BCUT2D eigenvalue weighted by atomic mass is 16.5. The smallest absolute Gasteiger partial charge is 0.309 e. The van der Waals surface area contributed by atoms with Crippen LogP contribution >= 0.6 is 0 Å². The minimum absolute atomic E-state index is 0.0401. The maximum atomic E-state index is 11.9. The van der Waals surface area contributed by atoms with Gasteiger partial charge in [-0.05, 0) is 25.2 Å². The molecule has 0 amide bonds. The van der Waals surface area contributed by atoms with Gasteiger partial charge >= 0.3 is 5.97 Å². The van der Waals surface area contributed by atoms with Crippen molar-refractivity contribution in [3.05, 3.63) is 0 Å². The van der Waals surface area contributed by atoms with E-state index in [1.165, 1.54) is 6.42 Å². The van der Waals surface area contributed by atoms with Crippen molar-refractivity contribution in [3.63, 3.8) is 0 Å². The van der Waals surface area contributed by atoms with E-state index in [1.807, 2.05) is 6.92 Å². The maximum Gasteiger partial charge on any atom is 0.309 e. The van der Waals surface area contributed by atoms with Crippen LogP contribution in [0.2, 0.25) is 0 Å². The van der Waals surface area contributed by atoms with Crippen LogP contribution in [0.3, 0.4) is 0 Å². The highest BCUT2D eigenvalue weighted by molar-refractivity contribution is 5.89. The lowest BCUT2D eigenvalue weighted by atomic mass is 9.67. The van der Waals surface area contributed by atoms with Gasteiger partial charge in [-0.3, -0.25) is 9.59 Å². The first-order valence-corrected chi connectivity index (χ1v) is 6.36. The molecular formula is C13H20O3. The summed E-state index contributed by atoms with van der Waals surface area (Å²) in [5.41, 5.74) is -0.0401. The molecule has 0 aliphatic heterocycles. The van der Waals surface area contributed by atoms with Crippen molar-refractivity contribution in [2.75, 3.05) is 6.61 Å². The van der Waals surface area contributed by atoms with Crippen LogP contribution < -0.4 is 0 Å². The molecule has 2 saturated carbocycles. The van der Waals surface area contributed by atoms with Gasteiger partial charge in [0.2, 0.25) is 0 Å². The largest absolute Gasteiger partial charge is 0.466 e. The van der Waals surface area contributed by atoms with Crippen molar-refractivity contribution in [1.82, 2.24) is 0 Å². The number of esters is 1. The second-order valence-electron chi connectivity index (χ2n) is 5.15. The number of carbonyl (C=O) groups is 2. The quantitative estimate of drug-likeness (QED) is 0.677. The second-order valence-corrected chi connectivity index (χ2v) is 5.15. The Labute approximate surface area is 96.5 Å². The lowest BCUT2D eigenvalue weighted by Crippen LogP contribution is -2.34. The third-order valence-electron chi connectivity index (χ3n) is 4.14. The molecule has 3 heteroatoms. The number of carbonyl (C=O) groups excluding carboxylic acids is 2. The van der Waals surface area contributed by atoms with E-state index in [1.54, 1.807) is 0 Å². The summed E-state index contributed by atoms with van der Waals surface area (Å²) >= 11 is 0. The molecule has 2 aliphatic rings. The first-order chi connectivity index (χ1) is 7.68. The second kappa shape index (κ2) is 4.56. The minimum atomic E-state index is -0.153. The molecule has 90 valence electrons. The van der Waals surface area contributed by atoms with Gasteiger partial charge in [0.1, 0.15) is 5.78 Å². The van der Waals surface area contributed by atoms with E-state index in [9.17, 15) is 9.59 Å². The summed E-state index contributed by atoms with van der Waals surface area (Å²) in [6.45, 7) is 2.24. The number of ketones is 1. The van der Waals surface area contributed by atoms with E-state index in [0.717, 1.165) is 25.7 Å². The Morgan fingerprint density at radius 2 is 2.06 bits per heavy atom. The Morgan fingerprint density at radius 3 is 2.69 bits per heavy atom. The van der Waals surface area contributed by atoms with E-state index < -0.39 is 0 Å². The molecule has 3 nitrogen and oxygen atoms in total. The van der Waals surface area contributed by atoms with E-state index in [2.05, 4.69) is 0 Å². The van der Waals surface area contributed by atoms with E-state index in [0.29, 0.717) is 19.4 Å². The summed E-state index contributed by atoms with van der Waals surface area (Å²) < 4.78 is 5.11. The van der Waals surface area contributed by atoms with Crippen molar-refractivity contribution in [3.8, 4) is 0 Å². The van der Waals surface area contributed by atoms with Gasteiger partial charge in [0.15, 0.2) is 0 Å². The lowest BCUT2D eigenvalue weighted by Gasteiger charge is -2.36. The Morgan fingerprint density at radius 1 is 1.38 bits per heavy atom. The number of hydrogen-bond donors (Lipinski definition) is 0. The Bertz CT molecular complexity index is 290. The molecule has 2 aliphatic carbocycles. The van der Waals surface area contributed by atoms with Crippen molar-refractivity contribution < 1.29 is 14.3 Å². The van der Waals surface area contributed by atoms with E-state index >= 15 is 0 Å². The van der Waals surface area contributed by atoms with Crippen LogP contribution in [0.25, 0.3) is 0 Å². The van der Waals surface area contributed by atoms with Crippen LogP contribution in [0.1, 0.15) is 51.9 Å².